The second kappa shape index (κ2) is 12.9. The van der Waals surface area contributed by atoms with Gasteiger partial charge < -0.3 is 20.3 Å². The summed E-state index contributed by atoms with van der Waals surface area (Å²) >= 11 is 0. The Morgan fingerprint density at radius 2 is 1.74 bits per heavy atom. The minimum atomic E-state index is -0.916. The first kappa shape index (κ1) is 28.4. The highest BCUT2D eigenvalue weighted by Crippen LogP contribution is 2.26. The van der Waals surface area contributed by atoms with E-state index in [1.165, 1.54) is 4.90 Å². The molecule has 7 heteroatoms. The molecular formula is C31H37N3O4. The molecule has 0 radical (unpaired) electrons. The summed E-state index contributed by atoms with van der Waals surface area (Å²) in [5, 5.41) is 7.60. The fraction of sp³-hybridized carbons (Fsp3) is 0.323. The zero-order valence-electron chi connectivity index (χ0n) is 22.6. The summed E-state index contributed by atoms with van der Waals surface area (Å²) in [6.07, 6.45) is 2.53. The molecule has 0 bridgehead atoms. The van der Waals surface area contributed by atoms with Crippen molar-refractivity contribution in [2.24, 2.45) is 0 Å². The van der Waals surface area contributed by atoms with Gasteiger partial charge >= 0.3 is 6.09 Å². The number of alkyl carbamates (subject to hydrolysis) is 1. The maximum absolute atomic E-state index is 13.8. The number of hydrogen-bond acceptors (Lipinski definition) is 4. The van der Waals surface area contributed by atoms with Crippen LogP contribution in [0.2, 0.25) is 0 Å². The minimum absolute atomic E-state index is 0.292. The van der Waals surface area contributed by atoms with Crippen LogP contribution in [-0.2, 0) is 14.3 Å². The average molecular weight is 516 g/mol. The Morgan fingerprint density at radius 3 is 2.42 bits per heavy atom. The Balaban J connectivity index is 1.93. The minimum Gasteiger partial charge on any atom is -0.444 e. The van der Waals surface area contributed by atoms with Crippen molar-refractivity contribution in [1.29, 1.82) is 0 Å². The Hall–Kier alpha value is -4.13. The third-order valence-electron chi connectivity index (χ3n) is 5.89. The summed E-state index contributed by atoms with van der Waals surface area (Å²) in [5.41, 5.74) is 1.43. The normalized spacial score (nSPS) is 11.9. The molecule has 1 atom stereocenters. The van der Waals surface area contributed by atoms with Crippen LogP contribution in [0, 0.1) is 0 Å². The lowest BCUT2D eigenvalue weighted by molar-refractivity contribution is -0.138. The van der Waals surface area contributed by atoms with E-state index < -0.39 is 17.7 Å². The Kier molecular flexibility index (Phi) is 9.66. The van der Waals surface area contributed by atoms with E-state index in [1.54, 1.807) is 26.8 Å². The molecule has 7 nitrogen and oxygen atoms in total. The zero-order valence-corrected chi connectivity index (χ0v) is 22.6. The second-order valence-electron chi connectivity index (χ2n) is 10.1. The molecule has 3 aromatic carbocycles. The van der Waals surface area contributed by atoms with Crippen LogP contribution in [0.25, 0.3) is 16.8 Å². The molecule has 0 spiro atoms. The van der Waals surface area contributed by atoms with E-state index >= 15 is 0 Å². The number of ether oxygens (including phenoxy) is 1. The average Bonchev–Trinajstić information content (AvgIpc) is 2.88. The highest BCUT2D eigenvalue weighted by Gasteiger charge is 2.32. The Bertz CT molecular complexity index is 1300. The number of unbranched alkanes of at least 4 members (excludes halogenated alkanes) is 1. The van der Waals surface area contributed by atoms with Crippen LogP contribution in [0.4, 0.5) is 10.5 Å². The lowest BCUT2D eigenvalue weighted by Gasteiger charge is -2.32. The van der Waals surface area contributed by atoms with Crippen molar-refractivity contribution >= 4 is 40.4 Å². The van der Waals surface area contributed by atoms with E-state index in [0.717, 1.165) is 22.8 Å². The smallest absolute Gasteiger partial charge is 0.408 e. The predicted octanol–water partition coefficient (Wildman–Crippen LogP) is 6.32. The van der Waals surface area contributed by atoms with Crippen LogP contribution in [0.15, 0.2) is 73.3 Å². The van der Waals surface area contributed by atoms with Gasteiger partial charge in [0.2, 0.25) is 5.91 Å². The standard InChI is InChI=1S/C31H37N3O4/c1-6-8-18-34(27(35)21-32-30(37)38-31(3,4)5)28(25-15-11-12-22(7-2)19-25)29(36)33-26-17-16-23-13-9-10-14-24(23)20-26/h7,9-17,19-20,28H,2,6,8,18,21H2,1,3-5H3,(H,32,37)(H,33,36). The van der Waals surface area contributed by atoms with Gasteiger partial charge in [0.15, 0.2) is 0 Å². The highest BCUT2D eigenvalue weighted by atomic mass is 16.6. The van der Waals surface area contributed by atoms with Crippen molar-refractivity contribution in [3.05, 3.63) is 84.4 Å². The van der Waals surface area contributed by atoms with Crippen LogP contribution in [0.3, 0.4) is 0 Å². The van der Waals surface area contributed by atoms with Crippen molar-refractivity contribution < 1.29 is 19.1 Å². The number of carbonyl (C=O) groups is 3. The molecule has 0 saturated heterocycles. The number of rotatable bonds is 10. The molecule has 0 saturated carbocycles. The molecule has 3 amide bonds. The third kappa shape index (κ3) is 7.93. The summed E-state index contributed by atoms with van der Waals surface area (Å²) in [6.45, 7) is 11.2. The highest BCUT2D eigenvalue weighted by molar-refractivity contribution is 6.00. The van der Waals surface area contributed by atoms with Crippen molar-refractivity contribution in [3.63, 3.8) is 0 Å². The molecule has 0 aromatic heterocycles. The summed E-state index contributed by atoms with van der Waals surface area (Å²) < 4.78 is 5.27. The lowest BCUT2D eigenvalue weighted by atomic mass is 10.0. The zero-order chi connectivity index (χ0) is 27.7. The maximum Gasteiger partial charge on any atom is 0.408 e. The maximum atomic E-state index is 13.8. The van der Waals surface area contributed by atoms with Gasteiger partial charge in [-0.2, -0.15) is 0 Å². The van der Waals surface area contributed by atoms with Crippen molar-refractivity contribution in [1.82, 2.24) is 10.2 Å². The van der Waals surface area contributed by atoms with Crippen molar-refractivity contribution in [3.8, 4) is 0 Å². The Morgan fingerprint density at radius 1 is 1.00 bits per heavy atom. The van der Waals surface area contributed by atoms with Gasteiger partial charge in [-0.1, -0.05) is 74.5 Å². The number of anilines is 1. The fourth-order valence-corrected chi connectivity index (χ4v) is 4.10. The van der Waals surface area contributed by atoms with Crippen molar-refractivity contribution in [2.75, 3.05) is 18.4 Å². The topological polar surface area (TPSA) is 87.7 Å². The predicted molar refractivity (Wildman–Crippen MR) is 153 cm³/mol. The molecule has 0 fully saturated rings. The monoisotopic (exact) mass is 515 g/mol. The lowest BCUT2D eigenvalue weighted by Crippen LogP contribution is -2.47. The van der Waals surface area contributed by atoms with Crippen LogP contribution in [0.1, 0.15) is 57.7 Å². The number of amides is 3. The molecule has 0 aliphatic rings. The largest absolute Gasteiger partial charge is 0.444 e. The number of fused-ring (bicyclic) bond motifs is 1. The quantitative estimate of drug-likeness (QED) is 0.331. The fourth-order valence-electron chi connectivity index (χ4n) is 4.10. The van der Waals surface area contributed by atoms with Crippen LogP contribution < -0.4 is 10.6 Å². The van der Waals surface area contributed by atoms with Gasteiger partial charge in [0.25, 0.3) is 5.91 Å². The van der Waals surface area contributed by atoms with Crippen LogP contribution in [0.5, 0.6) is 0 Å². The number of benzene rings is 3. The van der Waals surface area contributed by atoms with Crippen LogP contribution >= 0.6 is 0 Å². The first-order valence-electron chi connectivity index (χ1n) is 12.9. The first-order valence-corrected chi connectivity index (χ1v) is 12.9. The van der Waals surface area contributed by atoms with Gasteiger partial charge in [-0.3, -0.25) is 9.59 Å². The number of hydrogen-bond donors (Lipinski definition) is 2. The molecule has 2 N–H and O–H groups in total. The van der Waals surface area contributed by atoms with Crippen molar-refractivity contribution in [2.45, 2.75) is 52.2 Å². The second-order valence-corrected chi connectivity index (χ2v) is 10.1. The first-order chi connectivity index (χ1) is 18.1. The molecule has 3 rings (SSSR count). The summed E-state index contributed by atoms with van der Waals surface area (Å²) in [5.74, 6) is -0.727. The molecule has 0 heterocycles. The summed E-state index contributed by atoms with van der Waals surface area (Å²) in [7, 11) is 0. The number of carbonyl (C=O) groups excluding carboxylic acids is 3. The van der Waals surface area contributed by atoms with E-state index in [0.29, 0.717) is 24.2 Å². The molecule has 3 aromatic rings. The van der Waals surface area contributed by atoms with E-state index in [2.05, 4.69) is 17.2 Å². The van der Waals surface area contributed by atoms with Gasteiger partial charge in [-0.25, -0.2) is 4.79 Å². The van der Waals surface area contributed by atoms with E-state index in [-0.39, 0.29) is 18.4 Å². The Labute approximate surface area is 224 Å². The molecule has 200 valence electrons. The van der Waals surface area contributed by atoms with E-state index in [1.807, 2.05) is 73.7 Å². The summed E-state index contributed by atoms with van der Waals surface area (Å²) in [6, 6.07) is 20.1. The number of nitrogens with one attached hydrogen (secondary N) is 2. The van der Waals surface area contributed by atoms with Gasteiger partial charge in [0, 0.05) is 12.2 Å². The van der Waals surface area contributed by atoms with E-state index in [4.69, 9.17) is 4.74 Å². The van der Waals surface area contributed by atoms with Gasteiger partial charge in [0.1, 0.15) is 18.2 Å². The van der Waals surface area contributed by atoms with Crippen LogP contribution in [-0.4, -0.2) is 41.5 Å². The number of nitrogens with zero attached hydrogens (tertiary/aromatic N) is 1. The molecule has 1 unspecified atom stereocenters. The van der Waals surface area contributed by atoms with E-state index in [9.17, 15) is 14.4 Å². The molecule has 38 heavy (non-hydrogen) atoms. The molecule has 0 aliphatic heterocycles. The molecule has 0 aliphatic carbocycles. The van der Waals surface area contributed by atoms with Gasteiger partial charge in [-0.15, -0.1) is 0 Å². The third-order valence-corrected chi connectivity index (χ3v) is 5.89. The SMILES string of the molecule is C=Cc1cccc(C(C(=O)Nc2ccc3ccccc3c2)N(CCCC)C(=O)CNC(=O)OC(C)(C)C)c1. The molecular weight excluding hydrogens is 478 g/mol. The summed E-state index contributed by atoms with van der Waals surface area (Å²) in [4.78, 5) is 41.1. The van der Waals surface area contributed by atoms with Gasteiger partial charge in [-0.05, 0) is 67.3 Å². The van der Waals surface area contributed by atoms with Gasteiger partial charge in [0.05, 0.1) is 0 Å².